The van der Waals surface area contributed by atoms with E-state index >= 15 is 0 Å². The summed E-state index contributed by atoms with van der Waals surface area (Å²) in [6.45, 7) is 13.2. The zero-order chi connectivity index (χ0) is 67.5. The second-order valence-electron chi connectivity index (χ2n) is 28.9. The smallest absolute Gasteiger partial charge is 0.319 e. The molecule has 6 saturated heterocycles. The lowest BCUT2D eigenvalue weighted by molar-refractivity contribution is -0.394. The van der Waals surface area contributed by atoms with E-state index in [0.717, 1.165) is 5.57 Å². The van der Waals surface area contributed by atoms with Crippen molar-refractivity contribution in [1.29, 1.82) is 0 Å². The first-order chi connectivity index (χ1) is 43.1. The number of aliphatic hydroxyl groups is 15. The van der Waals surface area contributed by atoms with Crippen molar-refractivity contribution in [1.82, 2.24) is 0 Å². The number of ether oxygens (including phenoxy) is 13. The van der Waals surface area contributed by atoms with E-state index in [9.17, 15) is 86.2 Å². The molecular weight excluding hydrogens is 1220 g/mol. The maximum absolute atomic E-state index is 14.7. The number of carbonyl (C=O) groups is 2. The van der Waals surface area contributed by atoms with Crippen LogP contribution in [-0.2, 0) is 71.2 Å². The highest BCUT2D eigenvalue weighted by Crippen LogP contribution is 2.77. The number of hydrogen-bond acceptors (Lipinski definition) is 30. The first-order valence-electron chi connectivity index (χ1n) is 32.0. The molecule has 4 aliphatic carbocycles. The SMILES string of the molecule is COC1C(O)C(CO)OC(OC2C(O)C(CO)OC(OC3C(C)OC(OC4C(OC5CCC6(C)C7=CC(O)C89C(=O)OC(C)(C=CCC(C)(C)OC(C)=O)C8(O)CCC9(C)C7CCC6C5(C)C)OCC(OC5OC(CO)C(O)C(O)C5O)C4O)C(O)C3O)C2O)C1O. The Morgan fingerprint density at radius 1 is 0.630 bits per heavy atom. The normalized spacial score (nSPS) is 51.9. The number of aliphatic hydroxyl groups excluding tert-OH is 14. The summed E-state index contributed by atoms with van der Waals surface area (Å²) in [5, 5.41) is 168. The number of allylic oxidation sites excluding steroid dienone is 1. The molecule has 30 nitrogen and oxygen atoms in total. The quantitative estimate of drug-likeness (QED) is 0.0354. The Morgan fingerprint density at radius 2 is 1.18 bits per heavy atom. The Balaban J connectivity index is 0.876. The fourth-order valence-electron chi connectivity index (χ4n) is 17.7. The van der Waals surface area contributed by atoms with Gasteiger partial charge in [-0.05, 0) is 100 Å². The van der Waals surface area contributed by atoms with Gasteiger partial charge in [0.15, 0.2) is 37.1 Å². The Hall–Kier alpha value is -2.62. The van der Waals surface area contributed by atoms with Crippen LogP contribution in [0, 0.1) is 33.5 Å². The van der Waals surface area contributed by atoms with Crippen molar-refractivity contribution in [2.45, 2.75) is 284 Å². The van der Waals surface area contributed by atoms with Crippen molar-refractivity contribution >= 4 is 11.9 Å². The van der Waals surface area contributed by atoms with Crippen molar-refractivity contribution in [2.75, 3.05) is 33.5 Å². The molecule has 0 radical (unpaired) electrons. The highest BCUT2D eigenvalue weighted by atomic mass is 16.8. The Bertz CT molecular complexity index is 2660. The van der Waals surface area contributed by atoms with Crippen molar-refractivity contribution in [2.24, 2.45) is 33.5 Å². The van der Waals surface area contributed by atoms with Crippen LogP contribution in [0.25, 0.3) is 0 Å². The second kappa shape index (κ2) is 26.6. The van der Waals surface area contributed by atoms with E-state index < -0.39 is 236 Å². The average molecular weight is 1320 g/mol. The molecule has 30 heteroatoms. The third kappa shape index (κ3) is 11.8. The van der Waals surface area contributed by atoms with Crippen molar-refractivity contribution < 1.29 is 148 Å². The second-order valence-corrected chi connectivity index (χ2v) is 28.9. The molecule has 1 spiro atoms. The maximum atomic E-state index is 14.7. The van der Waals surface area contributed by atoms with Gasteiger partial charge in [-0.25, -0.2) is 0 Å². The fraction of sp³-hybridized carbons (Fsp3) is 0.903. The monoisotopic (exact) mass is 1320 g/mol. The lowest BCUT2D eigenvalue weighted by Gasteiger charge is -2.64. The van der Waals surface area contributed by atoms with E-state index in [1.165, 1.54) is 21.0 Å². The number of carbonyl (C=O) groups excluding carboxylic acids is 2. The summed E-state index contributed by atoms with van der Waals surface area (Å²) in [6, 6.07) is 0. The number of rotatable bonds is 18. The van der Waals surface area contributed by atoms with Gasteiger partial charge in [0.1, 0.15) is 126 Å². The molecule has 0 aromatic carbocycles. The summed E-state index contributed by atoms with van der Waals surface area (Å²) in [7, 11) is 1.18. The molecule has 0 aromatic rings. The molecule has 526 valence electrons. The summed E-state index contributed by atoms with van der Waals surface area (Å²) in [5.41, 5.74) is -7.36. The molecule has 10 rings (SSSR count). The van der Waals surface area contributed by atoms with Gasteiger partial charge < -0.3 is 138 Å². The van der Waals surface area contributed by atoms with E-state index in [1.54, 1.807) is 39.0 Å². The summed E-state index contributed by atoms with van der Waals surface area (Å²) in [4.78, 5) is 26.5. The molecule has 33 atom stereocenters. The Kier molecular flexibility index (Phi) is 20.8. The van der Waals surface area contributed by atoms with Crippen molar-refractivity contribution in [3.63, 3.8) is 0 Å². The average Bonchev–Trinajstić information content (AvgIpc) is 1.46. The van der Waals surface area contributed by atoms with Crippen LogP contribution in [-0.4, -0.2) is 299 Å². The van der Waals surface area contributed by atoms with Gasteiger partial charge in [0.2, 0.25) is 0 Å². The molecule has 6 heterocycles. The number of methoxy groups -OCH3 is 1. The minimum absolute atomic E-state index is 0.148. The molecule has 92 heavy (non-hydrogen) atoms. The lowest BCUT2D eigenvalue weighted by Crippen LogP contribution is -2.68. The van der Waals surface area contributed by atoms with Crippen molar-refractivity contribution in [3.8, 4) is 0 Å². The molecule has 15 N–H and O–H groups in total. The maximum Gasteiger partial charge on any atom is 0.319 e. The summed E-state index contributed by atoms with van der Waals surface area (Å²) < 4.78 is 77.5. The Labute approximate surface area is 532 Å². The predicted molar refractivity (Wildman–Crippen MR) is 307 cm³/mol. The van der Waals surface area contributed by atoms with Gasteiger partial charge in [0.25, 0.3) is 0 Å². The largest absolute Gasteiger partial charge is 0.460 e. The summed E-state index contributed by atoms with van der Waals surface area (Å²) >= 11 is 0. The molecule has 6 aliphatic heterocycles. The third-order valence-electron chi connectivity index (χ3n) is 22.7. The van der Waals surface area contributed by atoms with Crippen LogP contribution in [0.4, 0.5) is 0 Å². The van der Waals surface area contributed by atoms with Crippen LogP contribution in [0.3, 0.4) is 0 Å². The van der Waals surface area contributed by atoms with E-state index in [1.807, 2.05) is 20.8 Å². The molecule has 9 fully saturated rings. The van der Waals surface area contributed by atoms with Gasteiger partial charge in [0, 0.05) is 20.5 Å². The van der Waals surface area contributed by atoms with Gasteiger partial charge >= 0.3 is 11.9 Å². The van der Waals surface area contributed by atoms with Crippen LogP contribution in [0.2, 0.25) is 0 Å². The van der Waals surface area contributed by atoms with E-state index in [4.69, 9.17) is 61.6 Å². The van der Waals surface area contributed by atoms with E-state index in [0.29, 0.717) is 32.1 Å². The van der Waals surface area contributed by atoms with Crippen LogP contribution >= 0.6 is 0 Å². The molecule has 0 aromatic heterocycles. The van der Waals surface area contributed by atoms with Gasteiger partial charge in [-0.1, -0.05) is 45.4 Å². The van der Waals surface area contributed by atoms with Crippen LogP contribution < -0.4 is 0 Å². The molecule has 3 saturated carbocycles. The van der Waals surface area contributed by atoms with Gasteiger partial charge in [-0.3, -0.25) is 9.59 Å². The zero-order valence-corrected chi connectivity index (χ0v) is 53.5. The van der Waals surface area contributed by atoms with Gasteiger partial charge in [0.05, 0.1) is 44.7 Å². The van der Waals surface area contributed by atoms with Crippen molar-refractivity contribution in [3.05, 3.63) is 23.8 Å². The number of fused-ring (bicyclic) bond motifs is 4. The number of hydrogen-bond donors (Lipinski definition) is 15. The fourth-order valence-corrected chi connectivity index (χ4v) is 17.7. The highest BCUT2D eigenvalue weighted by molar-refractivity contribution is 5.87. The summed E-state index contributed by atoms with van der Waals surface area (Å²) in [5.74, 6) is -1.59. The van der Waals surface area contributed by atoms with Crippen LogP contribution in [0.15, 0.2) is 23.8 Å². The van der Waals surface area contributed by atoms with Gasteiger partial charge in [-0.2, -0.15) is 0 Å². The summed E-state index contributed by atoms with van der Waals surface area (Å²) in [6.07, 6.45) is -34.8. The first-order valence-corrected chi connectivity index (χ1v) is 32.0. The standard InChI is InChI=1S/C62H98O30/c1-25-46(88-53-45(77)48(38(70)31(23-65)85-53)89-52-44(76)47(80-10)37(69)30(22-64)84-52)41(73)43(75)50(82-25)90-49-39(71)32(86-51-42(74)40(72)36(68)29(21-63)83-51)24-81-54(49)87-35-14-17-58(7)28-20-34(67)62-55(78)92-60(9,16-11-15-56(3,4)91-26(2)66)61(62,79)19-18-59(62,8)27(28)12-13-33(58)57(35,5)6/h11,16,20,25,27,29-54,63-65,67-77,79H,12-15,17-19,21-24H2,1-10H3. The van der Waals surface area contributed by atoms with Crippen LogP contribution in [0.5, 0.6) is 0 Å². The molecule has 33 unspecified atom stereocenters. The topological polar surface area (TPSA) is 458 Å². The first kappa shape index (κ1) is 72.1. The van der Waals surface area contributed by atoms with Crippen LogP contribution in [0.1, 0.15) is 107 Å². The third-order valence-corrected chi connectivity index (χ3v) is 22.7. The molecular formula is C62H98O30. The molecule has 0 bridgehead atoms. The zero-order valence-electron chi connectivity index (χ0n) is 53.5. The van der Waals surface area contributed by atoms with Gasteiger partial charge in [-0.15, -0.1) is 0 Å². The molecule has 10 aliphatic rings. The minimum Gasteiger partial charge on any atom is -0.460 e. The van der Waals surface area contributed by atoms with E-state index in [2.05, 4.69) is 6.92 Å². The highest BCUT2D eigenvalue weighted by Gasteiger charge is 2.85. The molecule has 0 amide bonds. The number of esters is 2. The Morgan fingerprint density at radius 3 is 1.79 bits per heavy atom. The van der Waals surface area contributed by atoms with E-state index in [-0.39, 0.29) is 24.7 Å². The predicted octanol–water partition coefficient (Wildman–Crippen LogP) is -3.94. The minimum atomic E-state index is -2.05. The lowest BCUT2D eigenvalue weighted by atomic mass is 9.40. The number of cyclic esters (lactones) is 1.